The number of fused-ring (bicyclic) bond motifs is 1. The van der Waals surface area contributed by atoms with Gasteiger partial charge in [-0.25, -0.2) is 0 Å². The first-order valence-corrected chi connectivity index (χ1v) is 7.87. The van der Waals surface area contributed by atoms with Crippen molar-refractivity contribution in [2.75, 3.05) is 20.8 Å². The summed E-state index contributed by atoms with van der Waals surface area (Å²) < 4.78 is 12.3. The molecule has 120 valence electrons. The Kier molecular flexibility index (Phi) is 4.42. The molecule has 0 saturated carbocycles. The van der Waals surface area contributed by atoms with Crippen LogP contribution in [0.15, 0.2) is 29.9 Å². The van der Waals surface area contributed by atoms with Crippen LogP contribution in [0, 0.1) is 0 Å². The predicted molar refractivity (Wildman–Crippen MR) is 86.4 cm³/mol. The third kappa shape index (κ3) is 3.11. The number of nitrogens with one attached hydrogen (secondary N) is 1. The van der Waals surface area contributed by atoms with Gasteiger partial charge in [0.15, 0.2) is 11.5 Å². The van der Waals surface area contributed by atoms with Crippen molar-refractivity contribution < 1.29 is 14.3 Å². The number of aromatic nitrogens is 3. The third-order valence-corrected chi connectivity index (χ3v) is 4.32. The second-order valence-corrected chi connectivity index (χ2v) is 5.62. The fourth-order valence-electron chi connectivity index (χ4n) is 2.24. The lowest BCUT2D eigenvalue weighted by atomic mass is 10.2. The Morgan fingerprint density at radius 3 is 2.91 bits per heavy atom. The third-order valence-electron chi connectivity index (χ3n) is 3.44. The van der Waals surface area contributed by atoms with Crippen LogP contribution in [0.25, 0.3) is 4.96 Å². The van der Waals surface area contributed by atoms with Crippen LogP contribution in [0.1, 0.15) is 16.1 Å². The lowest BCUT2D eigenvalue weighted by Crippen LogP contribution is -2.26. The van der Waals surface area contributed by atoms with Gasteiger partial charge in [0.25, 0.3) is 5.91 Å². The van der Waals surface area contributed by atoms with Gasteiger partial charge in [-0.2, -0.15) is 0 Å². The maximum absolute atomic E-state index is 12.2. The molecule has 1 N–H and O–H groups in total. The highest BCUT2D eigenvalue weighted by atomic mass is 32.1. The van der Waals surface area contributed by atoms with Crippen LogP contribution in [-0.2, 0) is 6.42 Å². The number of hydrogen-bond donors (Lipinski definition) is 1. The zero-order chi connectivity index (χ0) is 16.2. The predicted octanol–water partition coefficient (Wildman–Crippen LogP) is 1.78. The number of carbonyl (C=O) groups is 1. The van der Waals surface area contributed by atoms with Gasteiger partial charge >= 0.3 is 0 Å². The minimum Gasteiger partial charge on any atom is -0.493 e. The highest BCUT2D eigenvalue weighted by Crippen LogP contribution is 2.27. The van der Waals surface area contributed by atoms with Gasteiger partial charge in [-0.1, -0.05) is 0 Å². The zero-order valence-corrected chi connectivity index (χ0v) is 13.6. The summed E-state index contributed by atoms with van der Waals surface area (Å²) in [5.41, 5.74) is 1.60. The molecule has 0 aliphatic carbocycles. The number of benzene rings is 1. The fourth-order valence-corrected chi connectivity index (χ4v) is 3.09. The molecule has 7 nitrogen and oxygen atoms in total. The molecule has 8 heteroatoms. The van der Waals surface area contributed by atoms with Crippen LogP contribution >= 0.6 is 11.3 Å². The van der Waals surface area contributed by atoms with E-state index in [1.54, 1.807) is 38.7 Å². The van der Waals surface area contributed by atoms with Gasteiger partial charge in [0.2, 0.25) is 4.96 Å². The molecule has 0 radical (unpaired) electrons. The number of methoxy groups -OCH3 is 2. The van der Waals surface area contributed by atoms with Crippen molar-refractivity contribution in [3.8, 4) is 11.5 Å². The number of hydrogen-bond acceptors (Lipinski definition) is 6. The van der Waals surface area contributed by atoms with Gasteiger partial charge in [0.1, 0.15) is 6.33 Å². The molecular weight excluding hydrogens is 316 g/mol. The molecule has 0 spiro atoms. The summed E-state index contributed by atoms with van der Waals surface area (Å²) in [6.07, 6.45) is 2.38. The van der Waals surface area contributed by atoms with Crippen molar-refractivity contribution in [3.63, 3.8) is 0 Å². The number of carbonyl (C=O) groups excluding carboxylic acids is 1. The van der Waals surface area contributed by atoms with Crippen LogP contribution in [-0.4, -0.2) is 41.3 Å². The molecular formula is C15H16N4O3S. The van der Waals surface area contributed by atoms with Crippen LogP contribution in [0.2, 0.25) is 0 Å². The zero-order valence-electron chi connectivity index (χ0n) is 12.8. The lowest BCUT2D eigenvalue weighted by Gasteiger charge is -2.10. The average Bonchev–Trinajstić information content (AvgIpc) is 3.18. The van der Waals surface area contributed by atoms with E-state index in [1.165, 1.54) is 11.3 Å². The summed E-state index contributed by atoms with van der Waals surface area (Å²) in [6, 6.07) is 5.09. The van der Waals surface area contributed by atoms with Gasteiger partial charge in [-0.3, -0.25) is 9.20 Å². The van der Waals surface area contributed by atoms with Crippen molar-refractivity contribution in [1.29, 1.82) is 0 Å². The van der Waals surface area contributed by atoms with E-state index in [4.69, 9.17) is 9.47 Å². The smallest absolute Gasteiger partial charge is 0.251 e. The van der Waals surface area contributed by atoms with Crippen LogP contribution in [0.4, 0.5) is 0 Å². The first-order valence-electron chi connectivity index (χ1n) is 6.99. The quantitative estimate of drug-likeness (QED) is 0.744. The van der Waals surface area contributed by atoms with Crippen molar-refractivity contribution >= 4 is 22.2 Å². The lowest BCUT2D eigenvalue weighted by molar-refractivity contribution is 0.0953. The minimum atomic E-state index is -0.152. The number of nitrogens with zero attached hydrogens (tertiary/aromatic N) is 3. The second-order valence-electron chi connectivity index (χ2n) is 4.79. The molecule has 1 aromatic carbocycles. The number of rotatable bonds is 6. The van der Waals surface area contributed by atoms with Gasteiger partial charge in [0.05, 0.1) is 14.2 Å². The van der Waals surface area contributed by atoms with E-state index < -0.39 is 0 Å². The largest absolute Gasteiger partial charge is 0.493 e. The molecule has 0 saturated heterocycles. The summed E-state index contributed by atoms with van der Waals surface area (Å²) in [4.78, 5) is 13.1. The molecule has 3 rings (SSSR count). The fraction of sp³-hybridized carbons (Fsp3) is 0.267. The Balaban J connectivity index is 1.62. The molecule has 3 aromatic rings. The first kappa shape index (κ1) is 15.3. The topological polar surface area (TPSA) is 77.8 Å². The van der Waals surface area contributed by atoms with Crippen molar-refractivity contribution in [3.05, 3.63) is 41.2 Å². The summed E-state index contributed by atoms with van der Waals surface area (Å²) >= 11 is 1.53. The number of amides is 1. The highest BCUT2D eigenvalue weighted by molar-refractivity contribution is 7.15. The molecule has 0 aliphatic heterocycles. The summed E-state index contributed by atoms with van der Waals surface area (Å²) in [5, 5.41) is 12.8. The van der Waals surface area contributed by atoms with E-state index >= 15 is 0 Å². The molecule has 0 atom stereocenters. The molecule has 0 bridgehead atoms. The van der Waals surface area contributed by atoms with Gasteiger partial charge in [-0.05, 0) is 18.2 Å². The summed E-state index contributed by atoms with van der Waals surface area (Å²) in [6.45, 7) is 0.525. The van der Waals surface area contributed by atoms with Crippen molar-refractivity contribution in [2.45, 2.75) is 6.42 Å². The van der Waals surface area contributed by atoms with Gasteiger partial charge in [-0.15, -0.1) is 21.5 Å². The first-order chi connectivity index (χ1) is 11.2. The summed E-state index contributed by atoms with van der Waals surface area (Å²) in [7, 11) is 3.10. The van der Waals surface area contributed by atoms with E-state index in [1.807, 2.05) is 9.78 Å². The van der Waals surface area contributed by atoms with Crippen LogP contribution in [0.5, 0.6) is 11.5 Å². The monoisotopic (exact) mass is 332 g/mol. The average molecular weight is 332 g/mol. The second kappa shape index (κ2) is 6.66. The van der Waals surface area contributed by atoms with Gasteiger partial charge in [0, 0.05) is 29.6 Å². The van der Waals surface area contributed by atoms with Crippen LogP contribution in [0.3, 0.4) is 0 Å². The standard InChI is InChI=1S/C15H16N4O3S/c1-21-12-4-3-10(7-13(12)22-2)14(20)16-6-5-11-8-23-15-18-17-9-19(11)15/h3-4,7-9H,5-6H2,1-2H3,(H,16,20). The van der Waals surface area contributed by atoms with Crippen molar-refractivity contribution in [1.82, 2.24) is 19.9 Å². The Hall–Kier alpha value is -2.61. The molecule has 0 aliphatic rings. The Morgan fingerprint density at radius 2 is 2.13 bits per heavy atom. The number of thiazole rings is 1. The molecule has 23 heavy (non-hydrogen) atoms. The Morgan fingerprint density at radius 1 is 1.30 bits per heavy atom. The number of ether oxygens (including phenoxy) is 2. The summed E-state index contributed by atoms with van der Waals surface area (Å²) in [5.74, 6) is 0.975. The normalized spacial score (nSPS) is 10.7. The minimum absolute atomic E-state index is 0.152. The highest BCUT2D eigenvalue weighted by Gasteiger charge is 2.11. The molecule has 2 aromatic heterocycles. The molecule has 2 heterocycles. The SMILES string of the molecule is COc1ccc(C(=O)NCCc2csc3nncn23)cc1OC. The molecule has 1 amide bonds. The van der Waals surface area contributed by atoms with Crippen molar-refractivity contribution in [2.24, 2.45) is 0 Å². The Bertz CT molecular complexity index is 827. The molecule has 0 unspecified atom stereocenters. The molecule has 0 fully saturated rings. The van der Waals surface area contributed by atoms with Crippen LogP contribution < -0.4 is 14.8 Å². The van der Waals surface area contributed by atoms with E-state index in [-0.39, 0.29) is 5.91 Å². The van der Waals surface area contributed by atoms with E-state index in [0.717, 1.165) is 10.7 Å². The van der Waals surface area contributed by atoms with E-state index in [0.29, 0.717) is 30.0 Å². The van der Waals surface area contributed by atoms with E-state index in [2.05, 4.69) is 15.5 Å². The van der Waals surface area contributed by atoms with E-state index in [9.17, 15) is 4.79 Å². The Labute approximate surface area is 136 Å². The maximum Gasteiger partial charge on any atom is 0.251 e. The van der Waals surface area contributed by atoms with Gasteiger partial charge < -0.3 is 14.8 Å². The maximum atomic E-state index is 12.2.